The molecule has 0 spiro atoms. The molecule has 0 saturated heterocycles. The van der Waals surface area contributed by atoms with Gasteiger partial charge in [-0.3, -0.25) is 9.50 Å². The van der Waals surface area contributed by atoms with Gasteiger partial charge in [-0.25, -0.2) is 0 Å². The van der Waals surface area contributed by atoms with Gasteiger partial charge in [0.05, 0.1) is 0 Å². The smallest absolute Gasteiger partial charge is 0.269 e. The van der Waals surface area contributed by atoms with Gasteiger partial charge in [0.15, 0.2) is 0 Å². The SMILES string of the molecule is CCCC(C)(C)CC(=O)F.F. The average molecular weight is 166 g/mol. The predicted octanol–water partition coefficient (Wildman–Crippen LogP) is 2.85. The summed E-state index contributed by atoms with van der Waals surface area (Å²) in [5, 5.41) is 0. The van der Waals surface area contributed by atoms with Gasteiger partial charge in [0.25, 0.3) is 0 Å². The van der Waals surface area contributed by atoms with Gasteiger partial charge in [-0.1, -0.05) is 27.2 Å². The predicted molar refractivity (Wildman–Crippen MR) is 41.9 cm³/mol. The Morgan fingerprint density at radius 2 is 1.91 bits per heavy atom. The Morgan fingerprint density at radius 3 is 2.18 bits per heavy atom. The molecule has 0 saturated carbocycles. The van der Waals surface area contributed by atoms with E-state index in [0.29, 0.717) is 0 Å². The van der Waals surface area contributed by atoms with Crippen LogP contribution in [0, 0.1) is 5.41 Å². The van der Waals surface area contributed by atoms with Crippen molar-refractivity contribution in [3.63, 3.8) is 0 Å². The third kappa shape index (κ3) is 7.43. The van der Waals surface area contributed by atoms with Crippen molar-refractivity contribution >= 4 is 6.04 Å². The van der Waals surface area contributed by atoms with Crippen LogP contribution < -0.4 is 0 Å². The molecule has 11 heavy (non-hydrogen) atoms. The van der Waals surface area contributed by atoms with Crippen molar-refractivity contribution in [1.82, 2.24) is 0 Å². The largest absolute Gasteiger partial charge is 0.302 e. The molecule has 0 radical (unpaired) electrons. The molecule has 3 heteroatoms. The molecular formula is C8H16F2O. The molecule has 0 atom stereocenters. The van der Waals surface area contributed by atoms with E-state index < -0.39 is 6.04 Å². The summed E-state index contributed by atoms with van der Waals surface area (Å²) < 4.78 is 11.9. The molecule has 0 fully saturated rings. The van der Waals surface area contributed by atoms with Gasteiger partial charge in [-0.15, -0.1) is 0 Å². The van der Waals surface area contributed by atoms with Gasteiger partial charge < -0.3 is 0 Å². The molecular weight excluding hydrogens is 150 g/mol. The molecule has 0 N–H and O–H groups in total. The zero-order valence-corrected chi connectivity index (χ0v) is 7.32. The molecule has 0 aliphatic heterocycles. The second-order valence-electron chi connectivity index (χ2n) is 3.45. The van der Waals surface area contributed by atoms with Crippen molar-refractivity contribution in [2.24, 2.45) is 5.41 Å². The van der Waals surface area contributed by atoms with Crippen LogP contribution >= 0.6 is 0 Å². The van der Waals surface area contributed by atoms with Crippen molar-refractivity contribution in [3.8, 4) is 0 Å². The lowest BCUT2D eigenvalue weighted by Crippen LogP contribution is -2.14. The first-order valence-corrected chi connectivity index (χ1v) is 3.66. The lowest BCUT2D eigenvalue weighted by Gasteiger charge is -2.20. The molecule has 0 aromatic rings. The molecule has 0 aromatic carbocycles. The number of carbonyl (C=O) groups is 1. The fourth-order valence-corrected chi connectivity index (χ4v) is 1.14. The van der Waals surface area contributed by atoms with Gasteiger partial charge >= 0.3 is 6.04 Å². The summed E-state index contributed by atoms with van der Waals surface area (Å²) in [7, 11) is 0. The molecule has 68 valence electrons. The van der Waals surface area contributed by atoms with Crippen LogP contribution in [0.2, 0.25) is 0 Å². The van der Waals surface area contributed by atoms with Crippen LogP contribution in [0.15, 0.2) is 0 Å². The Kier molecular flexibility index (Phi) is 6.23. The van der Waals surface area contributed by atoms with Crippen LogP contribution in [-0.4, -0.2) is 6.04 Å². The van der Waals surface area contributed by atoms with E-state index in [1.165, 1.54) is 0 Å². The number of hydrogen-bond acceptors (Lipinski definition) is 1. The van der Waals surface area contributed by atoms with E-state index in [4.69, 9.17) is 0 Å². The molecule has 0 aliphatic rings. The Labute approximate surface area is 66.3 Å². The van der Waals surface area contributed by atoms with Crippen LogP contribution in [-0.2, 0) is 4.79 Å². The summed E-state index contributed by atoms with van der Waals surface area (Å²) in [6, 6.07) is -1.20. The van der Waals surface area contributed by atoms with E-state index in [9.17, 15) is 9.18 Å². The summed E-state index contributed by atoms with van der Waals surface area (Å²) in [6.07, 6.45) is 1.96. The van der Waals surface area contributed by atoms with E-state index in [1.54, 1.807) is 0 Å². The Hall–Kier alpha value is -0.470. The number of carbonyl (C=O) groups excluding carboxylic acids is 1. The second-order valence-corrected chi connectivity index (χ2v) is 3.45. The zero-order valence-electron chi connectivity index (χ0n) is 7.32. The summed E-state index contributed by atoms with van der Waals surface area (Å²) >= 11 is 0. The van der Waals surface area contributed by atoms with Gasteiger partial charge in [0, 0.05) is 6.42 Å². The summed E-state index contributed by atoms with van der Waals surface area (Å²) in [4.78, 5) is 10.1. The number of rotatable bonds is 4. The van der Waals surface area contributed by atoms with Gasteiger partial charge in [-0.2, -0.15) is 4.39 Å². The van der Waals surface area contributed by atoms with Gasteiger partial charge in [-0.05, 0) is 11.8 Å². The standard InChI is InChI=1S/C8H15FO.FH/c1-4-5-8(2,3)6-7(9)10;/h4-6H2,1-3H3;1H. The molecule has 0 heterocycles. The number of halogens is 2. The normalized spacial score (nSPS) is 10.5. The molecule has 0 bridgehead atoms. The molecule has 1 nitrogen and oxygen atoms in total. The third-order valence-electron chi connectivity index (χ3n) is 1.54. The van der Waals surface area contributed by atoms with Gasteiger partial charge in [0.1, 0.15) is 0 Å². The molecule has 0 aliphatic carbocycles. The highest BCUT2D eigenvalue weighted by atomic mass is 19.1. The van der Waals surface area contributed by atoms with Crippen molar-refractivity contribution < 1.29 is 13.9 Å². The van der Waals surface area contributed by atoms with E-state index in [1.807, 2.05) is 20.8 Å². The van der Waals surface area contributed by atoms with Gasteiger partial charge in [0.2, 0.25) is 0 Å². The quantitative estimate of drug-likeness (QED) is 0.587. The van der Waals surface area contributed by atoms with Crippen molar-refractivity contribution in [2.45, 2.75) is 40.0 Å². The monoisotopic (exact) mass is 166 g/mol. The van der Waals surface area contributed by atoms with E-state index in [0.717, 1.165) is 12.8 Å². The summed E-state index contributed by atoms with van der Waals surface area (Å²) in [6.45, 7) is 5.85. The Balaban J connectivity index is 0. The molecule has 0 unspecified atom stereocenters. The van der Waals surface area contributed by atoms with Crippen molar-refractivity contribution in [2.75, 3.05) is 0 Å². The van der Waals surface area contributed by atoms with E-state index >= 15 is 0 Å². The Morgan fingerprint density at radius 1 is 1.45 bits per heavy atom. The topological polar surface area (TPSA) is 17.1 Å². The van der Waals surface area contributed by atoms with Crippen LogP contribution in [0.3, 0.4) is 0 Å². The highest BCUT2D eigenvalue weighted by molar-refractivity contribution is 5.68. The highest BCUT2D eigenvalue weighted by Gasteiger charge is 2.20. The van der Waals surface area contributed by atoms with Crippen LogP contribution in [0.1, 0.15) is 40.0 Å². The van der Waals surface area contributed by atoms with Crippen LogP contribution in [0.4, 0.5) is 9.09 Å². The minimum atomic E-state index is -1.20. The fourth-order valence-electron chi connectivity index (χ4n) is 1.14. The van der Waals surface area contributed by atoms with E-state index in [2.05, 4.69) is 0 Å². The first kappa shape index (κ1) is 13.1. The lowest BCUT2D eigenvalue weighted by atomic mass is 9.85. The van der Waals surface area contributed by atoms with Crippen molar-refractivity contribution in [3.05, 3.63) is 0 Å². The third-order valence-corrected chi connectivity index (χ3v) is 1.54. The summed E-state index contributed by atoms with van der Waals surface area (Å²) in [5.74, 6) is 0. The van der Waals surface area contributed by atoms with Crippen molar-refractivity contribution in [1.29, 1.82) is 0 Å². The maximum Gasteiger partial charge on any atom is 0.302 e. The average Bonchev–Trinajstić information content (AvgIpc) is 1.59. The van der Waals surface area contributed by atoms with Crippen LogP contribution in [0.5, 0.6) is 0 Å². The summed E-state index contributed by atoms with van der Waals surface area (Å²) in [5.41, 5.74) is -0.152. The first-order chi connectivity index (χ1) is 4.48. The molecule has 0 amide bonds. The Bertz CT molecular complexity index is 121. The zero-order chi connectivity index (χ0) is 8.20. The maximum atomic E-state index is 11.9. The fraction of sp³-hybridized carbons (Fsp3) is 0.875. The minimum absolute atomic E-state index is 0. The van der Waals surface area contributed by atoms with E-state index in [-0.39, 0.29) is 16.5 Å². The number of hydrogen-bond donors (Lipinski definition) is 0. The maximum absolute atomic E-state index is 11.9. The van der Waals surface area contributed by atoms with Crippen LogP contribution in [0.25, 0.3) is 0 Å². The highest BCUT2D eigenvalue weighted by Crippen LogP contribution is 2.26. The lowest BCUT2D eigenvalue weighted by molar-refractivity contribution is -0.131. The molecule has 0 aromatic heterocycles. The first-order valence-electron chi connectivity index (χ1n) is 3.66. The molecule has 0 rings (SSSR count). The second kappa shape index (κ2) is 5.22. The minimum Gasteiger partial charge on any atom is -0.269 e.